The van der Waals surface area contributed by atoms with Crippen molar-refractivity contribution in [2.75, 3.05) is 17.3 Å². The third-order valence-electron chi connectivity index (χ3n) is 4.59. The van der Waals surface area contributed by atoms with Gasteiger partial charge in [0.05, 0.1) is 11.1 Å². The van der Waals surface area contributed by atoms with Crippen LogP contribution < -0.4 is 5.32 Å². The van der Waals surface area contributed by atoms with Gasteiger partial charge in [-0.25, -0.2) is 0 Å². The lowest BCUT2D eigenvalue weighted by Crippen LogP contribution is -2.47. The number of carbonyl (C=O) groups excluding carboxylic acids is 4. The third-order valence-corrected chi connectivity index (χ3v) is 5.24. The van der Waals surface area contributed by atoms with Crippen molar-refractivity contribution in [3.05, 3.63) is 65.2 Å². The highest BCUT2D eigenvalue weighted by Gasteiger charge is 2.42. The van der Waals surface area contributed by atoms with E-state index in [9.17, 15) is 19.2 Å². The third kappa shape index (κ3) is 3.84. The van der Waals surface area contributed by atoms with Gasteiger partial charge in [0.15, 0.2) is 5.78 Å². The molecule has 0 spiro atoms. The van der Waals surface area contributed by atoms with Crippen LogP contribution in [0, 0.1) is 0 Å². The normalized spacial score (nSPS) is 14.0. The van der Waals surface area contributed by atoms with Crippen molar-refractivity contribution in [2.24, 2.45) is 0 Å². The average molecular weight is 396 g/mol. The van der Waals surface area contributed by atoms with Gasteiger partial charge in [-0.1, -0.05) is 12.1 Å². The quantitative estimate of drug-likeness (QED) is 0.574. The number of nitrogens with zero attached hydrogens (tertiary/aromatic N) is 1. The number of hydrogen-bond donors (Lipinski definition) is 1. The highest BCUT2D eigenvalue weighted by Crippen LogP contribution is 2.26. The highest BCUT2D eigenvalue weighted by molar-refractivity contribution is 7.98. The zero-order chi connectivity index (χ0) is 20.3. The van der Waals surface area contributed by atoms with Crippen LogP contribution in [-0.4, -0.2) is 46.5 Å². The van der Waals surface area contributed by atoms with Crippen LogP contribution in [0.2, 0.25) is 0 Å². The van der Waals surface area contributed by atoms with Gasteiger partial charge in [0, 0.05) is 11.3 Å². The van der Waals surface area contributed by atoms with Crippen LogP contribution in [-0.2, 0) is 4.79 Å². The molecule has 1 atom stereocenters. The Morgan fingerprint density at radius 3 is 2.07 bits per heavy atom. The van der Waals surface area contributed by atoms with E-state index < -0.39 is 23.8 Å². The topological polar surface area (TPSA) is 83.6 Å². The number of imide groups is 1. The van der Waals surface area contributed by atoms with E-state index in [4.69, 9.17) is 0 Å². The fourth-order valence-electron chi connectivity index (χ4n) is 3.11. The maximum absolute atomic E-state index is 12.9. The standard InChI is InChI=1S/C21H20N2O4S/c1-13(24)14-7-9-15(10-8-14)22-19(25)18(11-12-28-2)23-20(26)16-5-3-4-6-17(16)21(23)27/h3-10,18H,11-12H2,1-2H3,(H,22,25)/t18-/m0/s1. The van der Waals surface area contributed by atoms with Crippen LogP contribution in [0.15, 0.2) is 48.5 Å². The number of thioether (sulfide) groups is 1. The molecule has 1 aliphatic rings. The van der Waals surface area contributed by atoms with Gasteiger partial charge in [-0.05, 0) is 61.8 Å². The average Bonchev–Trinajstić information content (AvgIpc) is 2.94. The number of benzene rings is 2. The van der Waals surface area contributed by atoms with E-state index in [2.05, 4.69) is 5.32 Å². The van der Waals surface area contributed by atoms with Crippen molar-refractivity contribution in [2.45, 2.75) is 19.4 Å². The molecular weight excluding hydrogens is 376 g/mol. The van der Waals surface area contributed by atoms with Crippen LogP contribution in [0.3, 0.4) is 0 Å². The molecule has 0 radical (unpaired) electrons. The number of nitrogens with one attached hydrogen (secondary N) is 1. The van der Waals surface area contributed by atoms with Crippen molar-refractivity contribution >= 4 is 41.0 Å². The smallest absolute Gasteiger partial charge is 0.262 e. The van der Waals surface area contributed by atoms with E-state index in [0.717, 1.165) is 4.90 Å². The Morgan fingerprint density at radius 2 is 1.57 bits per heavy atom. The van der Waals surface area contributed by atoms with Crippen LogP contribution in [0.1, 0.15) is 44.4 Å². The fraction of sp³-hybridized carbons (Fsp3) is 0.238. The van der Waals surface area contributed by atoms with E-state index in [1.807, 2.05) is 6.26 Å². The molecule has 0 unspecified atom stereocenters. The second-order valence-electron chi connectivity index (χ2n) is 6.45. The second kappa shape index (κ2) is 8.39. The maximum atomic E-state index is 12.9. The van der Waals surface area contributed by atoms with Crippen molar-refractivity contribution in [3.8, 4) is 0 Å². The van der Waals surface area contributed by atoms with Gasteiger partial charge in [0.2, 0.25) is 5.91 Å². The summed E-state index contributed by atoms with van der Waals surface area (Å²) in [5.41, 5.74) is 1.68. The van der Waals surface area contributed by atoms with E-state index in [0.29, 0.717) is 34.6 Å². The minimum atomic E-state index is -0.910. The zero-order valence-electron chi connectivity index (χ0n) is 15.6. The predicted molar refractivity (Wildman–Crippen MR) is 109 cm³/mol. The minimum absolute atomic E-state index is 0.0678. The molecule has 6 nitrogen and oxygen atoms in total. The molecule has 0 saturated carbocycles. The highest BCUT2D eigenvalue weighted by atomic mass is 32.2. The van der Waals surface area contributed by atoms with Crippen LogP contribution >= 0.6 is 11.8 Å². The lowest BCUT2D eigenvalue weighted by Gasteiger charge is -2.25. The number of anilines is 1. The molecule has 2 aromatic carbocycles. The lowest BCUT2D eigenvalue weighted by atomic mass is 10.1. The lowest BCUT2D eigenvalue weighted by molar-refractivity contribution is -0.120. The van der Waals surface area contributed by atoms with Gasteiger partial charge in [-0.3, -0.25) is 24.1 Å². The minimum Gasteiger partial charge on any atom is -0.324 e. The molecule has 1 heterocycles. The Morgan fingerprint density at radius 1 is 1.00 bits per heavy atom. The van der Waals surface area contributed by atoms with Gasteiger partial charge in [0.25, 0.3) is 11.8 Å². The SMILES string of the molecule is CSCC[C@@H](C(=O)Nc1ccc(C(C)=O)cc1)N1C(=O)c2ccccc2C1=O. The molecule has 1 aliphatic heterocycles. The number of fused-ring (bicyclic) bond motifs is 1. The maximum Gasteiger partial charge on any atom is 0.262 e. The van der Waals surface area contributed by atoms with Gasteiger partial charge >= 0.3 is 0 Å². The molecule has 0 aliphatic carbocycles. The number of amides is 3. The summed E-state index contributed by atoms with van der Waals surface area (Å²) in [5.74, 6) is -0.780. The van der Waals surface area contributed by atoms with Gasteiger partial charge < -0.3 is 5.32 Å². The molecule has 2 aromatic rings. The number of hydrogen-bond acceptors (Lipinski definition) is 5. The Labute approximate surface area is 167 Å². The van der Waals surface area contributed by atoms with Crippen molar-refractivity contribution < 1.29 is 19.2 Å². The Hall–Kier alpha value is -2.93. The van der Waals surface area contributed by atoms with Crippen LogP contribution in [0.4, 0.5) is 5.69 Å². The van der Waals surface area contributed by atoms with E-state index in [1.54, 1.807) is 48.5 Å². The molecule has 0 bridgehead atoms. The summed E-state index contributed by atoms with van der Waals surface area (Å²) in [4.78, 5) is 50.9. The molecule has 0 fully saturated rings. The van der Waals surface area contributed by atoms with E-state index in [1.165, 1.54) is 18.7 Å². The molecule has 28 heavy (non-hydrogen) atoms. The fourth-order valence-corrected chi connectivity index (χ4v) is 3.57. The first-order valence-electron chi connectivity index (χ1n) is 8.81. The first-order chi connectivity index (χ1) is 13.4. The Bertz CT molecular complexity index is 905. The summed E-state index contributed by atoms with van der Waals surface area (Å²) in [6, 6.07) is 12.2. The Balaban J connectivity index is 1.84. The largest absolute Gasteiger partial charge is 0.324 e. The number of ketones is 1. The summed E-state index contributed by atoms with van der Waals surface area (Å²) in [6.45, 7) is 1.47. The summed E-state index contributed by atoms with van der Waals surface area (Å²) in [7, 11) is 0. The molecule has 7 heteroatoms. The monoisotopic (exact) mass is 396 g/mol. The zero-order valence-corrected chi connectivity index (χ0v) is 16.4. The molecule has 3 amide bonds. The van der Waals surface area contributed by atoms with Crippen molar-refractivity contribution in [1.82, 2.24) is 4.90 Å². The summed E-state index contributed by atoms with van der Waals surface area (Å²) in [5, 5.41) is 2.76. The summed E-state index contributed by atoms with van der Waals surface area (Å²) < 4.78 is 0. The van der Waals surface area contributed by atoms with E-state index in [-0.39, 0.29) is 5.78 Å². The van der Waals surface area contributed by atoms with Crippen molar-refractivity contribution in [1.29, 1.82) is 0 Å². The summed E-state index contributed by atoms with van der Waals surface area (Å²) in [6.07, 6.45) is 2.25. The first-order valence-corrected chi connectivity index (χ1v) is 10.2. The Kier molecular flexibility index (Phi) is 5.94. The summed E-state index contributed by atoms with van der Waals surface area (Å²) >= 11 is 1.54. The van der Waals surface area contributed by atoms with Gasteiger partial charge in [-0.15, -0.1) is 0 Å². The first kappa shape index (κ1) is 19.8. The molecule has 0 saturated heterocycles. The van der Waals surface area contributed by atoms with Gasteiger partial charge in [-0.2, -0.15) is 11.8 Å². The molecule has 3 rings (SSSR count). The van der Waals surface area contributed by atoms with Crippen molar-refractivity contribution in [3.63, 3.8) is 0 Å². The number of Topliss-reactive ketones (excluding diaryl/α,β-unsaturated/α-hetero) is 1. The molecular formula is C21H20N2O4S. The second-order valence-corrected chi connectivity index (χ2v) is 7.43. The molecule has 0 aromatic heterocycles. The van der Waals surface area contributed by atoms with E-state index >= 15 is 0 Å². The molecule has 1 N–H and O–H groups in total. The van der Waals surface area contributed by atoms with Crippen LogP contribution in [0.5, 0.6) is 0 Å². The number of carbonyl (C=O) groups is 4. The number of rotatable bonds is 7. The molecule has 144 valence electrons. The van der Waals surface area contributed by atoms with Gasteiger partial charge in [0.1, 0.15) is 6.04 Å². The predicted octanol–water partition coefficient (Wildman–Crippen LogP) is 3.25. The van der Waals surface area contributed by atoms with Crippen LogP contribution in [0.25, 0.3) is 0 Å².